The Kier molecular flexibility index (Phi) is 5.25. The van der Waals surface area contributed by atoms with Crippen LogP contribution in [0.5, 0.6) is 0 Å². The number of carbonyl (C=O) groups excluding carboxylic acids is 1. The minimum atomic E-state index is -3.64. The summed E-state index contributed by atoms with van der Waals surface area (Å²) < 4.78 is 33.5. The van der Waals surface area contributed by atoms with E-state index < -0.39 is 15.8 Å². The number of rotatable bonds is 5. The molecule has 152 valence electrons. The summed E-state index contributed by atoms with van der Waals surface area (Å²) in [4.78, 5) is 24.6. The van der Waals surface area contributed by atoms with Gasteiger partial charge in [-0.05, 0) is 37.1 Å². The highest BCUT2D eigenvalue weighted by Crippen LogP contribution is 2.24. The Morgan fingerprint density at radius 3 is 2.48 bits per heavy atom. The summed E-state index contributed by atoms with van der Waals surface area (Å²) >= 11 is 0. The Balaban J connectivity index is 1.60. The fourth-order valence-electron chi connectivity index (χ4n) is 3.48. The number of hydrogen-bond acceptors (Lipinski definition) is 5. The fraction of sp³-hybridized carbons (Fsp3) is 0.300. The molecular weight excluding hydrogens is 394 g/mol. The molecule has 0 bridgehead atoms. The molecule has 0 aliphatic carbocycles. The van der Waals surface area contributed by atoms with Gasteiger partial charge in [-0.15, -0.1) is 0 Å². The summed E-state index contributed by atoms with van der Waals surface area (Å²) in [5, 5.41) is 2.71. The van der Waals surface area contributed by atoms with Crippen molar-refractivity contribution in [3.63, 3.8) is 0 Å². The monoisotopic (exact) mass is 415 g/mol. The van der Waals surface area contributed by atoms with Crippen LogP contribution >= 0.6 is 0 Å². The van der Waals surface area contributed by atoms with Crippen LogP contribution in [0, 0.1) is 0 Å². The standard InChI is InChI=1S/C20H21N3O5S/c24-19(21-15-7-3-1-4-8-15)14-23-17-10-9-16(13-18(17)28-20(23)25)29(26,27)22-11-5-2-6-12-22/h1,3-4,7-10,13H,2,5-6,11-12,14H2,(H,21,24). The number of para-hydroxylation sites is 1. The van der Waals surface area contributed by atoms with E-state index in [4.69, 9.17) is 4.42 Å². The van der Waals surface area contributed by atoms with Gasteiger partial charge in [-0.25, -0.2) is 13.2 Å². The first-order valence-corrected chi connectivity index (χ1v) is 10.9. The van der Waals surface area contributed by atoms with Crippen molar-refractivity contribution < 1.29 is 17.6 Å². The van der Waals surface area contributed by atoms with Crippen molar-refractivity contribution in [1.29, 1.82) is 0 Å². The number of aromatic nitrogens is 1. The predicted octanol–water partition coefficient (Wildman–Crippen LogP) is 2.41. The number of amides is 1. The molecule has 1 fully saturated rings. The first-order valence-electron chi connectivity index (χ1n) is 9.43. The molecule has 9 heteroatoms. The maximum absolute atomic E-state index is 12.8. The molecule has 2 aromatic carbocycles. The number of carbonyl (C=O) groups is 1. The average Bonchev–Trinajstić information content (AvgIpc) is 3.03. The van der Waals surface area contributed by atoms with Crippen molar-refractivity contribution in [2.45, 2.75) is 30.7 Å². The smallest absolute Gasteiger partial charge is 0.408 e. The Morgan fingerprint density at radius 1 is 1.03 bits per heavy atom. The normalized spacial score (nSPS) is 15.4. The van der Waals surface area contributed by atoms with Gasteiger partial charge in [0.25, 0.3) is 0 Å². The molecule has 3 aromatic rings. The third kappa shape index (κ3) is 3.96. The highest BCUT2D eigenvalue weighted by molar-refractivity contribution is 7.89. The minimum absolute atomic E-state index is 0.0848. The lowest BCUT2D eigenvalue weighted by Crippen LogP contribution is -2.35. The van der Waals surface area contributed by atoms with E-state index in [2.05, 4.69) is 5.32 Å². The van der Waals surface area contributed by atoms with Crippen molar-refractivity contribution in [2.24, 2.45) is 0 Å². The van der Waals surface area contributed by atoms with Crippen LogP contribution in [-0.2, 0) is 21.4 Å². The zero-order valence-corrected chi connectivity index (χ0v) is 16.5. The fourth-order valence-corrected chi connectivity index (χ4v) is 5.01. The molecule has 0 atom stereocenters. The van der Waals surface area contributed by atoms with Gasteiger partial charge in [0.15, 0.2) is 5.58 Å². The molecule has 0 saturated carbocycles. The molecule has 1 amide bonds. The molecule has 0 spiro atoms. The molecule has 1 aliphatic heterocycles. The Hall–Kier alpha value is -2.91. The molecule has 0 unspecified atom stereocenters. The quantitative estimate of drug-likeness (QED) is 0.690. The first-order chi connectivity index (χ1) is 13.9. The number of sulfonamides is 1. The molecule has 8 nitrogen and oxygen atoms in total. The summed E-state index contributed by atoms with van der Waals surface area (Å²) in [6.45, 7) is 0.745. The van der Waals surface area contributed by atoms with Crippen LogP contribution in [0.3, 0.4) is 0 Å². The number of nitrogens with one attached hydrogen (secondary N) is 1. The van der Waals surface area contributed by atoms with Crippen molar-refractivity contribution in [2.75, 3.05) is 18.4 Å². The van der Waals surface area contributed by atoms with E-state index in [1.54, 1.807) is 24.3 Å². The lowest BCUT2D eigenvalue weighted by atomic mass is 10.2. The van der Waals surface area contributed by atoms with Crippen LogP contribution in [0.25, 0.3) is 11.1 Å². The van der Waals surface area contributed by atoms with E-state index in [0.29, 0.717) is 24.3 Å². The molecule has 1 aliphatic rings. The first kappa shape index (κ1) is 19.4. The minimum Gasteiger partial charge on any atom is -0.408 e. The van der Waals surface area contributed by atoms with Crippen molar-refractivity contribution >= 4 is 32.7 Å². The number of anilines is 1. The van der Waals surface area contributed by atoms with Crippen molar-refractivity contribution in [3.8, 4) is 0 Å². The third-order valence-electron chi connectivity index (χ3n) is 4.95. The Bertz CT molecular complexity index is 1190. The largest absolute Gasteiger partial charge is 0.420 e. The molecule has 4 rings (SSSR count). The predicted molar refractivity (Wildman–Crippen MR) is 108 cm³/mol. The van der Waals surface area contributed by atoms with E-state index in [0.717, 1.165) is 19.3 Å². The summed E-state index contributed by atoms with van der Waals surface area (Å²) in [6, 6.07) is 13.2. The van der Waals surface area contributed by atoms with Crippen molar-refractivity contribution in [1.82, 2.24) is 8.87 Å². The van der Waals surface area contributed by atoms with Gasteiger partial charge in [-0.1, -0.05) is 24.6 Å². The van der Waals surface area contributed by atoms with Crippen LogP contribution in [0.4, 0.5) is 5.69 Å². The zero-order chi connectivity index (χ0) is 20.4. The second-order valence-electron chi connectivity index (χ2n) is 6.96. The second-order valence-corrected chi connectivity index (χ2v) is 8.90. The van der Waals surface area contributed by atoms with Crippen LogP contribution in [0.2, 0.25) is 0 Å². The van der Waals surface area contributed by atoms with E-state index in [1.165, 1.54) is 27.1 Å². The number of benzene rings is 2. The van der Waals surface area contributed by atoms with Gasteiger partial charge in [-0.2, -0.15) is 4.31 Å². The molecule has 0 radical (unpaired) electrons. The van der Waals surface area contributed by atoms with Gasteiger partial charge >= 0.3 is 5.76 Å². The lowest BCUT2D eigenvalue weighted by molar-refractivity contribution is -0.116. The van der Waals surface area contributed by atoms with Crippen LogP contribution in [0.15, 0.2) is 62.6 Å². The van der Waals surface area contributed by atoms with Gasteiger partial charge in [0.2, 0.25) is 15.9 Å². The number of fused-ring (bicyclic) bond motifs is 1. The topological polar surface area (TPSA) is 102 Å². The van der Waals surface area contributed by atoms with Gasteiger partial charge in [-0.3, -0.25) is 9.36 Å². The summed E-state index contributed by atoms with van der Waals surface area (Å²) in [5.74, 6) is -1.10. The van der Waals surface area contributed by atoms with Crippen molar-refractivity contribution in [3.05, 3.63) is 59.1 Å². The maximum Gasteiger partial charge on any atom is 0.420 e. The van der Waals surface area contributed by atoms with E-state index in [9.17, 15) is 18.0 Å². The van der Waals surface area contributed by atoms with E-state index >= 15 is 0 Å². The summed E-state index contributed by atoms with van der Waals surface area (Å²) in [5.41, 5.74) is 1.13. The summed E-state index contributed by atoms with van der Waals surface area (Å²) in [6.07, 6.45) is 2.70. The highest BCUT2D eigenvalue weighted by Gasteiger charge is 2.27. The van der Waals surface area contributed by atoms with Crippen LogP contribution < -0.4 is 11.1 Å². The maximum atomic E-state index is 12.8. The van der Waals surface area contributed by atoms with Gasteiger partial charge < -0.3 is 9.73 Å². The van der Waals surface area contributed by atoms with Gasteiger partial charge in [0.05, 0.1) is 10.4 Å². The third-order valence-corrected chi connectivity index (χ3v) is 6.85. The molecule has 1 N–H and O–H groups in total. The lowest BCUT2D eigenvalue weighted by Gasteiger charge is -2.25. The van der Waals surface area contributed by atoms with E-state index in [1.807, 2.05) is 6.07 Å². The molecule has 29 heavy (non-hydrogen) atoms. The Morgan fingerprint density at radius 2 is 1.76 bits per heavy atom. The molecule has 2 heterocycles. The van der Waals surface area contributed by atoms with Gasteiger partial charge in [0.1, 0.15) is 6.54 Å². The number of piperidine rings is 1. The van der Waals surface area contributed by atoms with Crippen LogP contribution in [0.1, 0.15) is 19.3 Å². The highest BCUT2D eigenvalue weighted by atomic mass is 32.2. The average molecular weight is 415 g/mol. The molecular formula is C20H21N3O5S. The zero-order valence-electron chi connectivity index (χ0n) is 15.7. The summed E-state index contributed by atoms with van der Waals surface area (Å²) in [7, 11) is -3.64. The second kappa shape index (κ2) is 7.84. The van der Waals surface area contributed by atoms with Gasteiger partial charge in [0, 0.05) is 24.8 Å². The number of hydrogen-bond donors (Lipinski definition) is 1. The van der Waals surface area contributed by atoms with E-state index in [-0.39, 0.29) is 22.9 Å². The SMILES string of the molecule is O=C(Cn1c(=O)oc2cc(S(=O)(=O)N3CCCCC3)ccc21)Nc1ccccc1. The Labute approximate surface area is 167 Å². The number of nitrogens with zero attached hydrogens (tertiary/aromatic N) is 2. The van der Waals surface area contributed by atoms with Crippen LogP contribution in [-0.4, -0.2) is 36.3 Å². The molecule has 1 aromatic heterocycles. The molecule has 1 saturated heterocycles. The number of oxazole rings is 1.